The average Bonchev–Trinajstić information content (AvgIpc) is 2.81. The molecule has 0 radical (unpaired) electrons. The number of aliphatic hydroxyl groups excluding tert-OH is 1. The summed E-state index contributed by atoms with van der Waals surface area (Å²) in [7, 11) is 0. The van der Waals surface area contributed by atoms with Crippen molar-refractivity contribution in [2.75, 3.05) is 6.61 Å². The lowest BCUT2D eigenvalue weighted by Gasteiger charge is -2.26. The molecule has 3 aliphatic rings. The van der Waals surface area contributed by atoms with E-state index in [1.807, 2.05) is 27.7 Å². The number of hydrogen-bond acceptors (Lipinski definition) is 6. The Bertz CT molecular complexity index is 341. The second kappa shape index (κ2) is 3.88. The lowest BCUT2D eigenvalue weighted by atomic mass is 10.1. The summed E-state index contributed by atoms with van der Waals surface area (Å²) in [5, 5.41) is 9.87. The summed E-state index contributed by atoms with van der Waals surface area (Å²) in [6, 6.07) is 0. The summed E-state index contributed by atoms with van der Waals surface area (Å²) >= 11 is 0. The van der Waals surface area contributed by atoms with Gasteiger partial charge < -0.3 is 28.8 Å². The first-order chi connectivity index (χ1) is 8.27. The highest BCUT2D eigenvalue weighted by Crippen LogP contribution is 2.41. The number of fused-ring (bicyclic) bond motifs is 1. The van der Waals surface area contributed by atoms with Gasteiger partial charge in [0.2, 0.25) is 0 Å². The molecule has 0 spiro atoms. The minimum absolute atomic E-state index is 0.248. The van der Waals surface area contributed by atoms with E-state index in [-0.39, 0.29) is 18.3 Å². The molecule has 0 aromatic heterocycles. The molecule has 3 saturated heterocycles. The molecule has 0 aromatic rings. The number of ether oxygens (including phenoxy) is 5. The predicted molar refractivity (Wildman–Crippen MR) is 59.6 cm³/mol. The monoisotopic (exact) mass is 260 g/mol. The van der Waals surface area contributed by atoms with Gasteiger partial charge in [-0.25, -0.2) is 0 Å². The summed E-state index contributed by atoms with van der Waals surface area (Å²) in [5.74, 6) is -1.32. The van der Waals surface area contributed by atoms with Crippen LogP contribution in [0.25, 0.3) is 0 Å². The molecular formula is C12H20O6. The summed E-state index contributed by atoms with van der Waals surface area (Å²) in [5.41, 5.74) is 0. The fourth-order valence-corrected chi connectivity index (χ4v) is 2.78. The van der Waals surface area contributed by atoms with Gasteiger partial charge in [0.1, 0.15) is 24.4 Å². The molecule has 0 saturated carbocycles. The molecule has 1 N–H and O–H groups in total. The third-order valence-corrected chi connectivity index (χ3v) is 3.46. The van der Waals surface area contributed by atoms with Gasteiger partial charge in [0.15, 0.2) is 17.9 Å². The van der Waals surface area contributed by atoms with Crippen LogP contribution >= 0.6 is 0 Å². The molecule has 18 heavy (non-hydrogen) atoms. The van der Waals surface area contributed by atoms with Crippen molar-refractivity contribution in [3.8, 4) is 0 Å². The SMILES string of the molecule is CC1(C)O[C@H]2[C@@H]([C@@H]3COC(C)(C)O3)O[C@H](O)[C@H]2O1. The van der Waals surface area contributed by atoms with E-state index < -0.39 is 24.0 Å². The van der Waals surface area contributed by atoms with Gasteiger partial charge in [-0.1, -0.05) is 0 Å². The molecule has 6 nitrogen and oxygen atoms in total. The Morgan fingerprint density at radius 2 is 1.56 bits per heavy atom. The Hall–Kier alpha value is -0.240. The predicted octanol–water partition coefficient (Wildman–Crippen LogP) is 0.375. The summed E-state index contributed by atoms with van der Waals surface area (Å²) in [6.07, 6.45) is -2.38. The van der Waals surface area contributed by atoms with Gasteiger partial charge in [-0.2, -0.15) is 0 Å². The van der Waals surface area contributed by atoms with Crippen LogP contribution in [0.2, 0.25) is 0 Å². The maximum Gasteiger partial charge on any atom is 0.184 e. The van der Waals surface area contributed by atoms with Crippen LogP contribution in [0.5, 0.6) is 0 Å². The van der Waals surface area contributed by atoms with E-state index in [1.165, 1.54) is 0 Å². The van der Waals surface area contributed by atoms with E-state index in [0.29, 0.717) is 6.61 Å². The van der Waals surface area contributed by atoms with Crippen molar-refractivity contribution >= 4 is 0 Å². The molecule has 6 heteroatoms. The first-order valence-electron chi connectivity index (χ1n) is 6.28. The van der Waals surface area contributed by atoms with Crippen molar-refractivity contribution in [3.05, 3.63) is 0 Å². The normalized spacial score (nSPS) is 49.5. The van der Waals surface area contributed by atoms with Crippen LogP contribution in [0.4, 0.5) is 0 Å². The van der Waals surface area contributed by atoms with Gasteiger partial charge in [0.05, 0.1) is 6.61 Å². The Morgan fingerprint density at radius 1 is 0.889 bits per heavy atom. The first kappa shape index (κ1) is 12.8. The van der Waals surface area contributed by atoms with Crippen LogP contribution in [0.3, 0.4) is 0 Å². The zero-order valence-electron chi connectivity index (χ0n) is 11.1. The van der Waals surface area contributed by atoms with E-state index >= 15 is 0 Å². The van der Waals surface area contributed by atoms with Gasteiger partial charge in [0.25, 0.3) is 0 Å². The molecule has 3 aliphatic heterocycles. The van der Waals surface area contributed by atoms with Crippen LogP contribution < -0.4 is 0 Å². The third kappa shape index (κ3) is 2.07. The van der Waals surface area contributed by atoms with E-state index in [9.17, 15) is 5.11 Å². The van der Waals surface area contributed by atoms with Crippen molar-refractivity contribution in [2.24, 2.45) is 0 Å². The van der Waals surface area contributed by atoms with Crippen LogP contribution in [-0.2, 0) is 23.7 Å². The highest BCUT2D eigenvalue weighted by atomic mass is 16.8. The smallest absolute Gasteiger partial charge is 0.184 e. The largest absolute Gasteiger partial charge is 0.366 e. The molecule has 3 fully saturated rings. The lowest BCUT2D eigenvalue weighted by molar-refractivity contribution is -0.236. The molecule has 0 bridgehead atoms. The van der Waals surface area contributed by atoms with Crippen molar-refractivity contribution in [2.45, 2.75) is 70.0 Å². The second-order valence-corrected chi connectivity index (χ2v) is 5.92. The van der Waals surface area contributed by atoms with Gasteiger partial charge in [-0.3, -0.25) is 0 Å². The van der Waals surface area contributed by atoms with Crippen molar-refractivity contribution in [3.63, 3.8) is 0 Å². The minimum Gasteiger partial charge on any atom is -0.366 e. The molecule has 0 amide bonds. The molecule has 5 atom stereocenters. The Labute approximate surface area is 106 Å². The van der Waals surface area contributed by atoms with Crippen LogP contribution in [0.15, 0.2) is 0 Å². The highest BCUT2D eigenvalue weighted by molar-refractivity contribution is 4.99. The van der Waals surface area contributed by atoms with E-state index in [2.05, 4.69) is 0 Å². The van der Waals surface area contributed by atoms with Crippen molar-refractivity contribution < 1.29 is 28.8 Å². The Balaban J connectivity index is 1.75. The standard InChI is InChI=1S/C12H20O6/c1-11(2)14-5-6(16-11)7-8-9(10(13)15-7)18-12(3,4)17-8/h6-10,13H,5H2,1-4H3/t6-,7+,8-,9-,10-/m0/s1. The summed E-state index contributed by atoms with van der Waals surface area (Å²) in [6.45, 7) is 7.78. The number of aliphatic hydroxyl groups is 1. The van der Waals surface area contributed by atoms with E-state index in [1.54, 1.807) is 0 Å². The molecule has 3 heterocycles. The Morgan fingerprint density at radius 3 is 2.17 bits per heavy atom. The zero-order chi connectivity index (χ0) is 13.1. The van der Waals surface area contributed by atoms with Crippen molar-refractivity contribution in [1.29, 1.82) is 0 Å². The molecule has 3 rings (SSSR count). The van der Waals surface area contributed by atoms with E-state index in [0.717, 1.165) is 0 Å². The minimum atomic E-state index is -0.978. The van der Waals surface area contributed by atoms with Gasteiger partial charge >= 0.3 is 0 Å². The first-order valence-corrected chi connectivity index (χ1v) is 6.28. The van der Waals surface area contributed by atoms with Crippen LogP contribution in [0.1, 0.15) is 27.7 Å². The zero-order valence-corrected chi connectivity index (χ0v) is 11.1. The summed E-state index contributed by atoms with van der Waals surface area (Å²) in [4.78, 5) is 0. The average molecular weight is 260 g/mol. The fraction of sp³-hybridized carbons (Fsp3) is 1.00. The topological polar surface area (TPSA) is 66.4 Å². The maximum atomic E-state index is 9.87. The van der Waals surface area contributed by atoms with Crippen LogP contribution in [0, 0.1) is 0 Å². The quantitative estimate of drug-likeness (QED) is 0.735. The maximum absolute atomic E-state index is 9.87. The molecule has 0 aliphatic carbocycles. The summed E-state index contributed by atoms with van der Waals surface area (Å²) < 4.78 is 28.2. The van der Waals surface area contributed by atoms with E-state index in [4.69, 9.17) is 23.7 Å². The van der Waals surface area contributed by atoms with Gasteiger partial charge in [-0.15, -0.1) is 0 Å². The van der Waals surface area contributed by atoms with Gasteiger partial charge in [-0.05, 0) is 27.7 Å². The van der Waals surface area contributed by atoms with Gasteiger partial charge in [0, 0.05) is 0 Å². The second-order valence-electron chi connectivity index (χ2n) is 5.92. The fourth-order valence-electron chi connectivity index (χ4n) is 2.78. The molecular weight excluding hydrogens is 240 g/mol. The molecule has 104 valence electrons. The van der Waals surface area contributed by atoms with Crippen molar-refractivity contribution in [1.82, 2.24) is 0 Å². The number of rotatable bonds is 1. The number of hydrogen-bond donors (Lipinski definition) is 1. The molecule has 0 unspecified atom stereocenters. The third-order valence-electron chi connectivity index (χ3n) is 3.46. The van der Waals surface area contributed by atoms with Crippen LogP contribution in [-0.4, -0.2) is 54.0 Å². The Kier molecular flexibility index (Phi) is 2.75. The lowest BCUT2D eigenvalue weighted by Crippen LogP contribution is -2.40. The highest BCUT2D eigenvalue weighted by Gasteiger charge is 2.58. The molecule has 0 aromatic carbocycles.